The number of hydrogen-bond donors (Lipinski definition) is 0. The van der Waals surface area contributed by atoms with Crippen molar-refractivity contribution >= 4 is 60.1 Å². The molecule has 1 aromatic heterocycles. The quantitative estimate of drug-likeness (QED) is 0.188. The molecule has 2 aliphatic rings. The molecule has 1 nitrogen and oxygen atoms in total. The van der Waals surface area contributed by atoms with Crippen LogP contribution in [-0.2, 0) is 0 Å². The molecule has 45 heavy (non-hydrogen) atoms. The Labute approximate surface area is 261 Å². The maximum Gasteiger partial charge on any atom is 0.142 e. The van der Waals surface area contributed by atoms with Crippen LogP contribution in [0.25, 0.3) is 82.4 Å². The predicted molar refractivity (Wildman–Crippen MR) is 191 cm³/mol. The Bertz CT molecular complexity index is 2500. The highest BCUT2D eigenvalue weighted by Gasteiger charge is 2.30. The van der Waals surface area contributed by atoms with Gasteiger partial charge in [-0.25, -0.2) is 0 Å². The first-order chi connectivity index (χ1) is 22.3. The maximum atomic E-state index is 6.94. The van der Waals surface area contributed by atoms with Crippen LogP contribution >= 0.6 is 0 Å². The summed E-state index contributed by atoms with van der Waals surface area (Å²) in [6.45, 7) is 0. The minimum absolute atomic E-state index is 0.228. The molecule has 0 amide bonds. The van der Waals surface area contributed by atoms with Gasteiger partial charge in [0.25, 0.3) is 0 Å². The number of hydrogen-bond acceptors (Lipinski definition) is 1. The molecule has 2 unspecified atom stereocenters. The van der Waals surface area contributed by atoms with E-state index in [-0.39, 0.29) is 5.92 Å². The topological polar surface area (TPSA) is 13.1 Å². The molecule has 0 bridgehead atoms. The van der Waals surface area contributed by atoms with Crippen LogP contribution in [0.2, 0.25) is 0 Å². The van der Waals surface area contributed by atoms with E-state index >= 15 is 0 Å². The first kappa shape index (κ1) is 24.7. The van der Waals surface area contributed by atoms with Crippen molar-refractivity contribution in [2.24, 2.45) is 5.92 Å². The number of allylic oxidation sites excluding steroid dienone is 5. The lowest BCUT2D eigenvalue weighted by Gasteiger charge is -2.23. The molecule has 2 aliphatic carbocycles. The standard InChI is InChI=1S/C44H28O/c1-6-17-32-27(12-1)24-25-38-37-22-11-23-39(44(37)45-43(32)38)40-33-18-7-9-20-35(33)42(36-21-10-8-19-34(36)40)41-30-15-4-2-13-28(30)26-29-14-3-5-16-31(29)41/h1-27,32H. The second-order valence-electron chi connectivity index (χ2n) is 12.3. The van der Waals surface area contributed by atoms with E-state index in [1.54, 1.807) is 0 Å². The van der Waals surface area contributed by atoms with Crippen molar-refractivity contribution in [1.29, 1.82) is 0 Å². The smallest absolute Gasteiger partial charge is 0.142 e. The predicted octanol–water partition coefficient (Wildman–Crippen LogP) is 12.2. The van der Waals surface area contributed by atoms with Crippen molar-refractivity contribution in [3.8, 4) is 22.3 Å². The van der Waals surface area contributed by atoms with Crippen LogP contribution in [0.4, 0.5) is 0 Å². The van der Waals surface area contributed by atoms with Gasteiger partial charge in [-0.15, -0.1) is 0 Å². The Morgan fingerprint density at radius 2 is 0.978 bits per heavy atom. The summed E-state index contributed by atoms with van der Waals surface area (Å²) < 4.78 is 6.94. The highest BCUT2D eigenvalue weighted by atomic mass is 16.3. The molecule has 0 N–H and O–H groups in total. The van der Waals surface area contributed by atoms with E-state index in [0.29, 0.717) is 5.92 Å². The second-order valence-corrected chi connectivity index (χ2v) is 12.3. The van der Waals surface area contributed by atoms with Gasteiger partial charge in [-0.1, -0.05) is 152 Å². The highest BCUT2D eigenvalue weighted by molar-refractivity contribution is 6.28. The molecular formula is C44H28O. The maximum absolute atomic E-state index is 6.94. The van der Waals surface area contributed by atoms with Crippen LogP contribution < -0.4 is 0 Å². The minimum atomic E-state index is 0.228. The monoisotopic (exact) mass is 572 g/mol. The van der Waals surface area contributed by atoms with E-state index in [0.717, 1.165) is 16.9 Å². The van der Waals surface area contributed by atoms with E-state index in [1.165, 1.54) is 70.7 Å². The summed E-state index contributed by atoms with van der Waals surface area (Å²) in [5, 5.41) is 11.2. The average molecular weight is 573 g/mol. The first-order valence-corrected chi connectivity index (χ1v) is 15.8. The number of benzene rings is 7. The molecule has 2 atom stereocenters. The normalized spacial score (nSPS) is 17.1. The second kappa shape index (κ2) is 9.42. The molecule has 10 rings (SSSR count). The fraction of sp³-hybridized carbons (Fsp3) is 0.0455. The van der Waals surface area contributed by atoms with Crippen LogP contribution in [0.3, 0.4) is 0 Å². The van der Waals surface area contributed by atoms with Gasteiger partial charge in [-0.3, -0.25) is 0 Å². The summed E-state index contributed by atoms with van der Waals surface area (Å²) in [5.74, 6) is 1.63. The molecule has 7 aromatic carbocycles. The fourth-order valence-corrected chi connectivity index (χ4v) is 8.02. The minimum Gasteiger partial charge on any atom is -0.459 e. The third kappa shape index (κ3) is 3.50. The van der Waals surface area contributed by atoms with Crippen molar-refractivity contribution < 1.29 is 4.42 Å². The Kier molecular flexibility index (Phi) is 5.18. The van der Waals surface area contributed by atoms with Gasteiger partial charge < -0.3 is 4.42 Å². The molecule has 1 heterocycles. The van der Waals surface area contributed by atoms with E-state index < -0.39 is 0 Å². The lowest BCUT2D eigenvalue weighted by atomic mass is 9.80. The Balaban J connectivity index is 1.35. The molecule has 0 aliphatic heterocycles. The van der Waals surface area contributed by atoms with Crippen molar-refractivity contribution in [3.05, 3.63) is 163 Å². The molecule has 210 valence electrons. The van der Waals surface area contributed by atoms with Crippen molar-refractivity contribution in [2.75, 3.05) is 0 Å². The summed E-state index contributed by atoms with van der Waals surface area (Å²) in [4.78, 5) is 0. The van der Waals surface area contributed by atoms with Gasteiger partial charge in [0.2, 0.25) is 0 Å². The van der Waals surface area contributed by atoms with Gasteiger partial charge in [-0.2, -0.15) is 0 Å². The van der Waals surface area contributed by atoms with E-state index in [4.69, 9.17) is 4.42 Å². The highest BCUT2D eigenvalue weighted by Crippen LogP contribution is 2.50. The van der Waals surface area contributed by atoms with E-state index in [1.807, 2.05) is 0 Å². The van der Waals surface area contributed by atoms with Crippen LogP contribution in [0.15, 0.2) is 156 Å². The van der Waals surface area contributed by atoms with Gasteiger partial charge in [0.1, 0.15) is 11.3 Å². The molecule has 0 spiro atoms. The fourth-order valence-electron chi connectivity index (χ4n) is 8.02. The van der Waals surface area contributed by atoms with Gasteiger partial charge in [0.05, 0.1) is 0 Å². The Morgan fingerprint density at radius 3 is 1.64 bits per heavy atom. The lowest BCUT2D eigenvalue weighted by molar-refractivity contribution is 0.492. The largest absolute Gasteiger partial charge is 0.459 e. The lowest BCUT2D eigenvalue weighted by Crippen LogP contribution is -2.11. The molecule has 0 radical (unpaired) electrons. The number of fused-ring (bicyclic) bond motifs is 9. The zero-order chi connectivity index (χ0) is 29.5. The molecule has 1 heteroatoms. The molecule has 8 aromatic rings. The van der Waals surface area contributed by atoms with Crippen molar-refractivity contribution in [1.82, 2.24) is 0 Å². The number of furan rings is 1. The van der Waals surface area contributed by atoms with Crippen LogP contribution in [-0.4, -0.2) is 0 Å². The van der Waals surface area contributed by atoms with Crippen molar-refractivity contribution in [3.63, 3.8) is 0 Å². The molecule has 0 saturated carbocycles. The number of rotatable bonds is 2. The number of para-hydroxylation sites is 1. The van der Waals surface area contributed by atoms with Gasteiger partial charge >= 0.3 is 0 Å². The third-order valence-electron chi connectivity index (χ3n) is 9.97. The third-order valence-corrected chi connectivity index (χ3v) is 9.97. The average Bonchev–Trinajstić information content (AvgIpc) is 3.50. The van der Waals surface area contributed by atoms with Crippen LogP contribution in [0, 0.1) is 5.92 Å². The van der Waals surface area contributed by atoms with Gasteiger partial charge in [0.15, 0.2) is 0 Å². The van der Waals surface area contributed by atoms with Crippen LogP contribution in [0.1, 0.15) is 17.2 Å². The molecule has 0 saturated heterocycles. The van der Waals surface area contributed by atoms with Crippen LogP contribution in [0.5, 0.6) is 0 Å². The summed E-state index contributed by atoms with van der Waals surface area (Å²) in [7, 11) is 0. The summed E-state index contributed by atoms with van der Waals surface area (Å²) in [6, 6.07) is 44.5. The van der Waals surface area contributed by atoms with Crippen molar-refractivity contribution in [2.45, 2.75) is 5.92 Å². The van der Waals surface area contributed by atoms with E-state index in [2.05, 4.69) is 158 Å². The zero-order valence-corrected chi connectivity index (χ0v) is 24.6. The summed E-state index contributed by atoms with van der Waals surface area (Å²) in [5.41, 5.74) is 7.13. The Morgan fingerprint density at radius 1 is 0.444 bits per heavy atom. The molecule has 0 fully saturated rings. The van der Waals surface area contributed by atoms with E-state index in [9.17, 15) is 0 Å². The summed E-state index contributed by atoms with van der Waals surface area (Å²) in [6.07, 6.45) is 13.4. The molecular weight excluding hydrogens is 544 g/mol. The summed E-state index contributed by atoms with van der Waals surface area (Å²) >= 11 is 0. The van der Waals surface area contributed by atoms with Gasteiger partial charge in [0, 0.05) is 33.9 Å². The zero-order valence-electron chi connectivity index (χ0n) is 24.6. The Hall–Kier alpha value is -5.66. The van der Waals surface area contributed by atoms with Gasteiger partial charge in [-0.05, 0) is 60.3 Å². The first-order valence-electron chi connectivity index (χ1n) is 15.8. The SMILES string of the molecule is C1=CC2C=Cc3c(oc4c(-c5c6ccccc6c(-c6c7ccccc7cc7ccccc67)c6ccccc56)cccc34)C2C=C1.